The Morgan fingerprint density at radius 3 is 2.56 bits per heavy atom. The molecule has 0 saturated heterocycles. The molecule has 9 heteroatoms. The zero-order valence-electron chi connectivity index (χ0n) is 13.9. The van der Waals surface area contributed by atoms with Crippen LogP contribution in [0.15, 0.2) is 22.7 Å². The third-order valence-corrected chi connectivity index (χ3v) is 3.43. The quantitative estimate of drug-likeness (QED) is 0.859. The molecule has 1 N–H and O–H groups in total. The molecule has 0 aliphatic carbocycles. The third-order valence-electron chi connectivity index (χ3n) is 3.43. The van der Waals surface area contributed by atoms with Crippen molar-refractivity contribution in [3.05, 3.63) is 40.8 Å². The Bertz CT molecular complexity index is 737. The summed E-state index contributed by atoms with van der Waals surface area (Å²) in [6.45, 7) is 2.31. The Morgan fingerprint density at radius 1 is 1.28 bits per heavy atom. The van der Waals surface area contributed by atoms with E-state index in [4.69, 9.17) is 14.0 Å². The van der Waals surface area contributed by atoms with Gasteiger partial charge < -0.3 is 19.3 Å². The number of aromatic nitrogens is 1. The molecule has 0 atom stereocenters. The van der Waals surface area contributed by atoms with Crippen LogP contribution in [0.2, 0.25) is 0 Å². The van der Waals surface area contributed by atoms with Crippen LogP contribution < -0.4 is 14.8 Å². The van der Waals surface area contributed by atoms with E-state index in [0.29, 0.717) is 17.2 Å². The van der Waals surface area contributed by atoms with Crippen LogP contribution in [0, 0.1) is 13.8 Å². The minimum atomic E-state index is -4.48. The summed E-state index contributed by atoms with van der Waals surface area (Å²) in [6.07, 6.45) is -4.48. The van der Waals surface area contributed by atoms with Crippen molar-refractivity contribution in [1.82, 2.24) is 10.5 Å². The number of nitrogens with one attached hydrogen (secondary N) is 1. The summed E-state index contributed by atoms with van der Waals surface area (Å²) in [7, 11) is 1.37. The summed E-state index contributed by atoms with van der Waals surface area (Å²) in [6, 6.07) is 4.13. The molecule has 136 valence electrons. The van der Waals surface area contributed by atoms with Crippen molar-refractivity contribution < 1.29 is 32.0 Å². The van der Waals surface area contributed by atoms with Crippen LogP contribution in [0.25, 0.3) is 0 Å². The summed E-state index contributed by atoms with van der Waals surface area (Å²) < 4.78 is 52.3. The molecule has 0 radical (unpaired) electrons. The Balaban J connectivity index is 2.09. The highest BCUT2D eigenvalue weighted by Crippen LogP contribution is 2.29. The van der Waals surface area contributed by atoms with Crippen molar-refractivity contribution in [1.29, 1.82) is 0 Å². The van der Waals surface area contributed by atoms with Crippen molar-refractivity contribution in [3.8, 4) is 11.5 Å². The number of benzene rings is 1. The molecule has 0 aliphatic rings. The smallest absolute Gasteiger partial charge is 0.405 e. The number of amides is 1. The van der Waals surface area contributed by atoms with Gasteiger partial charge in [-0.15, -0.1) is 0 Å². The summed E-state index contributed by atoms with van der Waals surface area (Å²) in [5, 5.41) is 5.62. The normalized spacial score (nSPS) is 11.3. The first-order valence-corrected chi connectivity index (χ1v) is 7.29. The van der Waals surface area contributed by atoms with Crippen molar-refractivity contribution in [3.63, 3.8) is 0 Å². The summed E-state index contributed by atoms with van der Waals surface area (Å²) in [4.78, 5) is 11.8. The second-order valence-corrected chi connectivity index (χ2v) is 5.25. The van der Waals surface area contributed by atoms with Gasteiger partial charge in [-0.25, -0.2) is 0 Å². The van der Waals surface area contributed by atoms with Gasteiger partial charge in [0.25, 0.3) is 5.91 Å². The van der Waals surface area contributed by atoms with Crippen molar-refractivity contribution in [2.45, 2.75) is 26.6 Å². The van der Waals surface area contributed by atoms with Crippen LogP contribution in [0.4, 0.5) is 13.2 Å². The van der Waals surface area contributed by atoms with E-state index in [0.717, 1.165) is 5.56 Å². The monoisotopic (exact) mass is 358 g/mol. The Kier molecular flexibility index (Phi) is 5.55. The second kappa shape index (κ2) is 7.45. The number of carbonyl (C=O) groups is 1. The Labute approximate surface area is 141 Å². The van der Waals surface area contributed by atoms with Gasteiger partial charge in [-0.05, 0) is 32.0 Å². The molecule has 2 rings (SSSR count). The maximum atomic E-state index is 12.2. The number of alkyl halides is 3. The highest BCUT2D eigenvalue weighted by atomic mass is 19.4. The summed E-state index contributed by atoms with van der Waals surface area (Å²) in [5.74, 6) is 0.341. The third kappa shape index (κ3) is 4.88. The standard InChI is InChI=1S/C16H17F3N2O4/c1-9-12(10(2)25-21-9)7-24-13-5-4-11(6-14(13)23-3)15(22)20-8-16(17,18)19/h4-6H,7-8H2,1-3H3,(H,20,22). The maximum Gasteiger partial charge on any atom is 0.405 e. The average Bonchev–Trinajstić information content (AvgIpc) is 2.88. The fraction of sp³-hybridized carbons (Fsp3) is 0.375. The minimum Gasteiger partial charge on any atom is -0.493 e. The molecule has 1 aromatic heterocycles. The molecule has 0 saturated carbocycles. The first-order valence-electron chi connectivity index (χ1n) is 7.29. The van der Waals surface area contributed by atoms with Gasteiger partial charge in [0.05, 0.1) is 18.4 Å². The van der Waals surface area contributed by atoms with Gasteiger partial charge in [0.15, 0.2) is 11.5 Å². The predicted octanol–water partition coefficient (Wildman–Crippen LogP) is 3.17. The molecule has 0 unspecified atom stereocenters. The van der Waals surface area contributed by atoms with Crippen LogP contribution in [0.5, 0.6) is 11.5 Å². The first-order chi connectivity index (χ1) is 11.7. The highest BCUT2D eigenvalue weighted by Gasteiger charge is 2.28. The number of aryl methyl sites for hydroxylation is 2. The Hall–Kier alpha value is -2.71. The molecule has 1 amide bonds. The van der Waals surface area contributed by atoms with Gasteiger partial charge in [-0.1, -0.05) is 5.16 Å². The average molecular weight is 358 g/mol. The lowest BCUT2D eigenvalue weighted by molar-refractivity contribution is -0.123. The lowest BCUT2D eigenvalue weighted by Gasteiger charge is -2.13. The Morgan fingerprint density at radius 2 is 2.00 bits per heavy atom. The molecule has 0 aliphatic heterocycles. The second-order valence-electron chi connectivity index (χ2n) is 5.25. The maximum absolute atomic E-state index is 12.2. The molecule has 0 fully saturated rings. The molecular weight excluding hydrogens is 341 g/mol. The van der Waals surface area contributed by atoms with E-state index in [2.05, 4.69) is 5.16 Å². The van der Waals surface area contributed by atoms with Gasteiger partial charge >= 0.3 is 6.18 Å². The van der Waals surface area contributed by atoms with Gasteiger partial charge in [0.2, 0.25) is 0 Å². The number of rotatable bonds is 6. The fourth-order valence-electron chi connectivity index (χ4n) is 2.07. The SMILES string of the molecule is COc1cc(C(=O)NCC(F)(F)F)ccc1OCc1c(C)noc1C. The molecule has 0 bridgehead atoms. The van der Waals surface area contributed by atoms with Gasteiger partial charge in [0.1, 0.15) is 18.9 Å². The summed E-state index contributed by atoms with van der Waals surface area (Å²) in [5.41, 5.74) is 1.51. The number of ether oxygens (including phenoxy) is 2. The van der Waals surface area contributed by atoms with E-state index in [1.54, 1.807) is 19.2 Å². The van der Waals surface area contributed by atoms with Crippen LogP contribution in [0.1, 0.15) is 27.4 Å². The molecule has 25 heavy (non-hydrogen) atoms. The van der Waals surface area contributed by atoms with Crippen LogP contribution in [-0.2, 0) is 6.61 Å². The van der Waals surface area contributed by atoms with E-state index in [1.165, 1.54) is 25.3 Å². The van der Waals surface area contributed by atoms with Crippen molar-refractivity contribution in [2.75, 3.05) is 13.7 Å². The molecule has 6 nitrogen and oxygen atoms in total. The lowest BCUT2D eigenvalue weighted by atomic mass is 10.2. The highest BCUT2D eigenvalue weighted by molar-refractivity contribution is 5.94. The largest absolute Gasteiger partial charge is 0.493 e. The van der Waals surface area contributed by atoms with E-state index >= 15 is 0 Å². The van der Waals surface area contributed by atoms with Crippen molar-refractivity contribution in [2.24, 2.45) is 0 Å². The van der Waals surface area contributed by atoms with Gasteiger partial charge in [-0.3, -0.25) is 4.79 Å². The molecule has 1 heterocycles. The number of hydrogen-bond donors (Lipinski definition) is 1. The number of nitrogens with zero attached hydrogens (tertiary/aromatic N) is 1. The zero-order valence-corrected chi connectivity index (χ0v) is 13.9. The fourth-order valence-corrected chi connectivity index (χ4v) is 2.07. The molecule has 0 spiro atoms. The zero-order chi connectivity index (χ0) is 18.6. The number of halogens is 3. The van der Waals surface area contributed by atoms with Crippen molar-refractivity contribution >= 4 is 5.91 Å². The van der Waals surface area contributed by atoms with Crippen LogP contribution in [0.3, 0.4) is 0 Å². The summed E-state index contributed by atoms with van der Waals surface area (Å²) >= 11 is 0. The van der Waals surface area contributed by atoms with E-state index in [-0.39, 0.29) is 17.9 Å². The number of methoxy groups -OCH3 is 1. The number of carbonyl (C=O) groups excluding carboxylic acids is 1. The van der Waals surface area contributed by atoms with E-state index < -0.39 is 18.6 Å². The van der Waals surface area contributed by atoms with Gasteiger partial charge in [-0.2, -0.15) is 13.2 Å². The molecule has 2 aromatic rings. The first kappa shape index (κ1) is 18.6. The van der Waals surface area contributed by atoms with E-state index in [1.807, 2.05) is 0 Å². The van der Waals surface area contributed by atoms with Gasteiger partial charge in [0, 0.05) is 5.56 Å². The lowest BCUT2D eigenvalue weighted by Crippen LogP contribution is -2.33. The van der Waals surface area contributed by atoms with Crippen LogP contribution in [-0.4, -0.2) is 30.9 Å². The topological polar surface area (TPSA) is 73.6 Å². The van der Waals surface area contributed by atoms with Crippen LogP contribution >= 0.6 is 0 Å². The molecular formula is C16H17F3N2O4. The number of hydrogen-bond acceptors (Lipinski definition) is 5. The predicted molar refractivity (Wildman–Crippen MR) is 81.7 cm³/mol. The molecule has 1 aromatic carbocycles. The minimum absolute atomic E-state index is 0.0331. The van der Waals surface area contributed by atoms with E-state index in [9.17, 15) is 18.0 Å².